The maximum Gasteiger partial charge on any atom is 0.330 e. The van der Waals surface area contributed by atoms with Gasteiger partial charge in [0.1, 0.15) is 0 Å². The van der Waals surface area contributed by atoms with Crippen LogP contribution in [0.4, 0.5) is 0 Å². The zero-order valence-electron chi connectivity index (χ0n) is 11.0. The number of rotatable bonds is 8. The van der Waals surface area contributed by atoms with Gasteiger partial charge in [0, 0.05) is 0 Å². The second-order valence-electron chi connectivity index (χ2n) is 4.16. The van der Waals surface area contributed by atoms with Crippen LogP contribution in [0.25, 0.3) is 0 Å². The van der Waals surface area contributed by atoms with E-state index in [1.807, 2.05) is 6.07 Å². The van der Waals surface area contributed by atoms with E-state index >= 15 is 0 Å². The molecule has 19 heavy (non-hydrogen) atoms. The molecule has 4 nitrogen and oxygen atoms in total. The van der Waals surface area contributed by atoms with Crippen molar-refractivity contribution in [3.8, 4) is 0 Å². The Bertz CT molecular complexity index is 408. The van der Waals surface area contributed by atoms with Gasteiger partial charge in [0.2, 0.25) is 5.91 Å². The first-order valence-electron chi connectivity index (χ1n) is 6.30. The molecule has 0 bridgehead atoms. The number of carboxylic acid groups (broad SMARTS) is 1. The molecule has 0 fully saturated rings. The highest BCUT2D eigenvalue weighted by Gasteiger charge is 2.21. The molecule has 1 aromatic carbocycles. The number of unbranched alkanes of at least 4 members (excludes halogenated alkanes) is 1. The molecule has 2 N–H and O–H groups in total. The normalized spacial score (nSPS) is 11.8. The van der Waals surface area contributed by atoms with E-state index in [0.717, 1.165) is 18.6 Å². The second-order valence-corrected chi connectivity index (χ2v) is 5.26. The van der Waals surface area contributed by atoms with Crippen LogP contribution in [0.3, 0.4) is 0 Å². The van der Waals surface area contributed by atoms with E-state index in [4.69, 9.17) is 5.11 Å². The van der Waals surface area contributed by atoms with Crippen LogP contribution in [0.2, 0.25) is 0 Å². The highest BCUT2D eigenvalue weighted by molar-refractivity contribution is 7.99. The van der Waals surface area contributed by atoms with Crippen LogP contribution in [0, 0.1) is 0 Å². The molecule has 0 aliphatic carbocycles. The fourth-order valence-electron chi connectivity index (χ4n) is 1.55. The van der Waals surface area contributed by atoms with Gasteiger partial charge in [0.25, 0.3) is 0 Å². The van der Waals surface area contributed by atoms with Gasteiger partial charge in [0.15, 0.2) is 6.04 Å². The lowest BCUT2D eigenvalue weighted by Gasteiger charge is -2.14. The number of carbonyl (C=O) groups excluding carboxylic acids is 1. The molecule has 0 saturated carbocycles. The van der Waals surface area contributed by atoms with Crippen LogP contribution in [0.1, 0.15) is 31.4 Å². The number of benzene rings is 1. The fraction of sp³-hybridized carbons (Fsp3) is 0.429. The van der Waals surface area contributed by atoms with Gasteiger partial charge in [0.05, 0.1) is 5.75 Å². The van der Waals surface area contributed by atoms with Crippen molar-refractivity contribution in [1.29, 1.82) is 0 Å². The van der Waals surface area contributed by atoms with Crippen LogP contribution in [-0.2, 0) is 9.59 Å². The van der Waals surface area contributed by atoms with E-state index in [-0.39, 0.29) is 5.91 Å². The molecule has 104 valence electrons. The number of thioether (sulfide) groups is 1. The lowest BCUT2D eigenvalue weighted by atomic mass is 10.1. The van der Waals surface area contributed by atoms with Gasteiger partial charge in [-0.3, -0.25) is 4.79 Å². The Kier molecular flexibility index (Phi) is 7.03. The van der Waals surface area contributed by atoms with Gasteiger partial charge in [-0.05, 0) is 17.7 Å². The van der Waals surface area contributed by atoms with E-state index < -0.39 is 12.0 Å². The largest absolute Gasteiger partial charge is 0.479 e. The molecule has 0 aliphatic heterocycles. The zero-order chi connectivity index (χ0) is 14.1. The van der Waals surface area contributed by atoms with Crippen molar-refractivity contribution in [3.05, 3.63) is 35.9 Å². The summed E-state index contributed by atoms with van der Waals surface area (Å²) in [6.45, 7) is 2.09. The van der Waals surface area contributed by atoms with Crippen LogP contribution in [-0.4, -0.2) is 28.5 Å². The molecule has 0 spiro atoms. The summed E-state index contributed by atoms with van der Waals surface area (Å²) < 4.78 is 0. The molecule has 0 heterocycles. The third-order valence-corrected chi connectivity index (χ3v) is 3.60. The Morgan fingerprint density at radius 1 is 1.32 bits per heavy atom. The smallest absolute Gasteiger partial charge is 0.330 e. The molecule has 0 unspecified atom stereocenters. The summed E-state index contributed by atoms with van der Waals surface area (Å²) in [6.07, 6.45) is 2.16. The van der Waals surface area contributed by atoms with Crippen molar-refractivity contribution in [2.24, 2.45) is 0 Å². The summed E-state index contributed by atoms with van der Waals surface area (Å²) >= 11 is 1.53. The third-order valence-electron chi connectivity index (χ3n) is 2.56. The minimum atomic E-state index is -1.04. The van der Waals surface area contributed by atoms with Crippen molar-refractivity contribution in [3.63, 3.8) is 0 Å². The Balaban J connectivity index is 2.51. The van der Waals surface area contributed by atoms with Crippen LogP contribution < -0.4 is 5.32 Å². The lowest BCUT2D eigenvalue weighted by molar-refractivity contribution is -0.141. The number of carboxylic acids is 1. The van der Waals surface area contributed by atoms with Crippen molar-refractivity contribution in [2.45, 2.75) is 25.8 Å². The molecule has 0 saturated heterocycles. The Labute approximate surface area is 117 Å². The Hall–Kier alpha value is -1.49. The van der Waals surface area contributed by atoms with Crippen molar-refractivity contribution >= 4 is 23.6 Å². The predicted molar refractivity (Wildman–Crippen MR) is 77.2 cm³/mol. The summed E-state index contributed by atoms with van der Waals surface area (Å²) in [5.74, 6) is -0.0562. The minimum absolute atomic E-state index is 0.239. The van der Waals surface area contributed by atoms with Crippen LogP contribution in [0.15, 0.2) is 30.3 Å². The molecule has 0 aromatic heterocycles. The number of hydrogen-bond donors (Lipinski definition) is 2. The number of amides is 1. The number of carbonyl (C=O) groups is 2. The summed E-state index contributed by atoms with van der Waals surface area (Å²) in [5.41, 5.74) is 0.585. The summed E-state index contributed by atoms with van der Waals surface area (Å²) in [6, 6.07) is 7.75. The van der Waals surface area contributed by atoms with Crippen molar-refractivity contribution in [1.82, 2.24) is 5.32 Å². The molecule has 0 aliphatic rings. The average Bonchev–Trinajstić information content (AvgIpc) is 2.41. The Morgan fingerprint density at radius 2 is 2.00 bits per heavy atom. The fourth-order valence-corrected chi connectivity index (χ4v) is 2.45. The van der Waals surface area contributed by atoms with E-state index in [1.165, 1.54) is 11.8 Å². The predicted octanol–water partition coefficient (Wildman–Crippen LogP) is 2.46. The molecule has 1 aromatic rings. The molecule has 5 heteroatoms. The third kappa shape index (κ3) is 5.79. The van der Waals surface area contributed by atoms with Gasteiger partial charge in [-0.15, -0.1) is 0 Å². The average molecular weight is 281 g/mol. The molecule has 1 atom stereocenters. The molecule has 1 rings (SSSR count). The zero-order valence-corrected chi connectivity index (χ0v) is 11.8. The molecular weight excluding hydrogens is 262 g/mol. The van der Waals surface area contributed by atoms with Crippen LogP contribution in [0.5, 0.6) is 0 Å². The van der Waals surface area contributed by atoms with Gasteiger partial charge >= 0.3 is 5.97 Å². The second kappa shape index (κ2) is 8.58. The molecular formula is C14H19NO3S. The van der Waals surface area contributed by atoms with E-state index in [1.54, 1.807) is 24.3 Å². The maximum atomic E-state index is 11.7. The summed E-state index contributed by atoms with van der Waals surface area (Å²) in [7, 11) is 0. The van der Waals surface area contributed by atoms with Crippen LogP contribution >= 0.6 is 11.8 Å². The summed E-state index contributed by atoms with van der Waals surface area (Å²) in [4.78, 5) is 22.9. The molecule has 1 amide bonds. The van der Waals surface area contributed by atoms with E-state index in [0.29, 0.717) is 11.3 Å². The first-order chi connectivity index (χ1) is 9.15. The maximum absolute atomic E-state index is 11.7. The highest BCUT2D eigenvalue weighted by Crippen LogP contribution is 2.13. The quantitative estimate of drug-likeness (QED) is 0.718. The van der Waals surface area contributed by atoms with Gasteiger partial charge < -0.3 is 10.4 Å². The van der Waals surface area contributed by atoms with Crippen molar-refractivity contribution < 1.29 is 14.7 Å². The van der Waals surface area contributed by atoms with E-state index in [9.17, 15) is 9.59 Å². The summed E-state index contributed by atoms with van der Waals surface area (Å²) in [5, 5.41) is 11.7. The lowest BCUT2D eigenvalue weighted by Crippen LogP contribution is -2.34. The number of hydrogen-bond acceptors (Lipinski definition) is 3. The Morgan fingerprint density at radius 3 is 2.58 bits per heavy atom. The SMILES string of the molecule is CCCCSCC(=O)N[C@H](C(=O)O)c1ccccc1. The molecule has 0 radical (unpaired) electrons. The van der Waals surface area contributed by atoms with Crippen molar-refractivity contribution in [2.75, 3.05) is 11.5 Å². The standard InChI is InChI=1S/C14H19NO3S/c1-2-3-9-19-10-12(16)15-13(14(17)18)11-7-5-4-6-8-11/h4-8,13H,2-3,9-10H2,1H3,(H,15,16)(H,17,18)/t13-/m0/s1. The van der Waals surface area contributed by atoms with Gasteiger partial charge in [-0.2, -0.15) is 11.8 Å². The number of nitrogens with one attached hydrogen (secondary N) is 1. The monoisotopic (exact) mass is 281 g/mol. The van der Waals surface area contributed by atoms with E-state index in [2.05, 4.69) is 12.2 Å². The first-order valence-corrected chi connectivity index (χ1v) is 7.45. The number of aliphatic carboxylic acids is 1. The minimum Gasteiger partial charge on any atom is -0.479 e. The van der Waals surface area contributed by atoms with Gasteiger partial charge in [-0.1, -0.05) is 43.7 Å². The van der Waals surface area contributed by atoms with Gasteiger partial charge in [-0.25, -0.2) is 4.79 Å². The highest BCUT2D eigenvalue weighted by atomic mass is 32.2. The topological polar surface area (TPSA) is 66.4 Å². The first kappa shape index (κ1) is 15.6.